The molecule has 6 nitrogen and oxygen atoms in total. The van der Waals surface area contributed by atoms with Crippen molar-refractivity contribution in [3.63, 3.8) is 0 Å². The maximum Gasteiger partial charge on any atom is 0.225 e. The maximum absolute atomic E-state index is 13.3. The van der Waals surface area contributed by atoms with Crippen LogP contribution in [0.1, 0.15) is 52.1 Å². The first-order valence-electron chi connectivity index (χ1n) is 12.6. The monoisotopic (exact) mass is 507 g/mol. The molecule has 0 saturated carbocycles. The molecule has 0 aliphatic rings. The number of nitrogens with one attached hydrogen (secondary N) is 1. The van der Waals surface area contributed by atoms with Crippen molar-refractivity contribution in [1.82, 2.24) is 5.32 Å². The van der Waals surface area contributed by atoms with E-state index in [0.29, 0.717) is 16.9 Å². The quantitative estimate of drug-likeness (QED) is 0.207. The van der Waals surface area contributed by atoms with Crippen LogP contribution in [0.15, 0.2) is 102 Å². The fourth-order valence-electron chi connectivity index (χ4n) is 4.86. The van der Waals surface area contributed by atoms with Gasteiger partial charge in [0.25, 0.3) is 0 Å². The van der Waals surface area contributed by atoms with Crippen LogP contribution in [0.3, 0.4) is 0 Å². The van der Waals surface area contributed by atoms with Crippen molar-refractivity contribution in [2.75, 3.05) is 0 Å². The largest absolute Gasteiger partial charge is 0.458 e. The SMILES string of the molecule is Cc1ccc(C(NC(=O)Cc2ccc3oc(C(C)(O)c4cc[n+](O)cc4)cc3c2)c2ccccc2)c(C)c1. The zero-order valence-electron chi connectivity index (χ0n) is 21.7. The number of rotatable bonds is 7. The van der Waals surface area contributed by atoms with Crippen molar-refractivity contribution in [3.05, 3.63) is 136 Å². The van der Waals surface area contributed by atoms with Crippen LogP contribution in [0.2, 0.25) is 0 Å². The van der Waals surface area contributed by atoms with Crippen LogP contribution in [-0.2, 0) is 16.8 Å². The number of pyridine rings is 1. The van der Waals surface area contributed by atoms with Gasteiger partial charge in [-0.05, 0) is 61.2 Å². The third-order valence-corrected chi connectivity index (χ3v) is 6.98. The summed E-state index contributed by atoms with van der Waals surface area (Å²) in [5.41, 5.74) is 5.06. The molecular formula is C32H31N2O4+. The molecule has 3 N–H and O–H groups in total. The first-order valence-corrected chi connectivity index (χ1v) is 12.6. The van der Waals surface area contributed by atoms with Crippen LogP contribution >= 0.6 is 0 Å². The Balaban J connectivity index is 1.38. The molecule has 6 heteroatoms. The topological polar surface area (TPSA) is 86.6 Å². The average molecular weight is 508 g/mol. The summed E-state index contributed by atoms with van der Waals surface area (Å²) in [6.07, 6.45) is 3.10. The summed E-state index contributed by atoms with van der Waals surface area (Å²) >= 11 is 0. The number of hydrogen-bond acceptors (Lipinski definition) is 4. The van der Waals surface area contributed by atoms with E-state index in [0.717, 1.165) is 32.4 Å². The van der Waals surface area contributed by atoms with Crippen LogP contribution in [-0.4, -0.2) is 16.2 Å². The number of aromatic nitrogens is 1. The van der Waals surface area contributed by atoms with Crippen molar-refractivity contribution in [3.8, 4) is 0 Å². The highest BCUT2D eigenvalue weighted by Gasteiger charge is 2.31. The van der Waals surface area contributed by atoms with Gasteiger partial charge in [0.1, 0.15) is 16.9 Å². The number of hydrogen-bond donors (Lipinski definition) is 3. The summed E-state index contributed by atoms with van der Waals surface area (Å²) in [5.74, 6) is 0.291. The number of fused-ring (bicyclic) bond motifs is 1. The fourth-order valence-corrected chi connectivity index (χ4v) is 4.86. The first-order chi connectivity index (χ1) is 18.2. The molecule has 192 valence electrons. The Bertz CT molecular complexity index is 1590. The van der Waals surface area contributed by atoms with Gasteiger partial charge < -0.3 is 14.8 Å². The normalized spacial score (nSPS) is 13.7. The number of aryl methyl sites for hydroxylation is 2. The van der Waals surface area contributed by atoms with Crippen molar-refractivity contribution in [1.29, 1.82) is 0 Å². The Morgan fingerprint density at radius 2 is 1.71 bits per heavy atom. The minimum atomic E-state index is -1.39. The zero-order valence-corrected chi connectivity index (χ0v) is 21.7. The minimum Gasteiger partial charge on any atom is -0.458 e. The molecule has 2 atom stereocenters. The number of benzene rings is 3. The van der Waals surface area contributed by atoms with E-state index in [9.17, 15) is 15.1 Å². The number of aliphatic hydroxyl groups is 1. The second kappa shape index (κ2) is 10.1. The van der Waals surface area contributed by atoms with Crippen LogP contribution in [0, 0.1) is 13.8 Å². The summed E-state index contributed by atoms with van der Waals surface area (Å²) in [4.78, 5) is 13.3. The van der Waals surface area contributed by atoms with Gasteiger partial charge in [0, 0.05) is 27.8 Å². The Labute approximate surface area is 221 Å². The second-order valence-electron chi connectivity index (χ2n) is 9.97. The molecular weight excluding hydrogens is 476 g/mol. The lowest BCUT2D eigenvalue weighted by atomic mass is 9.93. The lowest BCUT2D eigenvalue weighted by molar-refractivity contribution is -0.904. The van der Waals surface area contributed by atoms with Crippen molar-refractivity contribution in [2.45, 2.75) is 38.8 Å². The molecule has 2 heterocycles. The molecule has 2 unspecified atom stereocenters. The summed E-state index contributed by atoms with van der Waals surface area (Å²) in [6, 6.07) is 26.7. The van der Waals surface area contributed by atoms with Crippen molar-refractivity contribution < 1.29 is 24.3 Å². The first kappa shape index (κ1) is 25.2. The van der Waals surface area contributed by atoms with E-state index in [1.54, 1.807) is 25.1 Å². The molecule has 2 aromatic heterocycles. The molecule has 0 aliphatic carbocycles. The molecule has 5 aromatic rings. The van der Waals surface area contributed by atoms with Crippen LogP contribution < -0.4 is 10.0 Å². The summed E-state index contributed by atoms with van der Waals surface area (Å²) in [6.45, 7) is 5.78. The second-order valence-corrected chi connectivity index (χ2v) is 9.97. The van der Waals surface area contributed by atoms with Gasteiger partial charge in [-0.1, -0.05) is 60.2 Å². The number of carbonyl (C=O) groups is 1. The molecule has 0 spiro atoms. The van der Waals surface area contributed by atoms with Gasteiger partial charge in [-0.15, -0.1) is 0 Å². The maximum atomic E-state index is 13.3. The number of nitrogens with zero attached hydrogens (tertiary/aromatic N) is 1. The van der Waals surface area contributed by atoms with Crippen LogP contribution in [0.4, 0.5) is 0 Å². The van der Waals surface area contributed by atoms with Gasteiger partial charge in [0.2, 0.25) is 18.3 Å². The van der Waals surface area contributed by atoms with Crippen LogP contribution in [0.5, 0.6) is 0 Å². The van der Waals surface area contributed by atoms with E-state index in [4.69, 9.17) is 4.42 Å². The number of amides is 1. The molecule has 0 radical (unpaired) electrons. The Kier molecular flexibility index (Phi) is 6.74. The van der Waals surface area contributed by atoms with E-state index in [1.807, 2.05) is 48.5 Å². The van der Waals surface area contributed by atoms with E-state index >= 15 is 0 Å². The van der Waals surface area contributed by atoms with Gasteiger partial charge in [-0.2, -0.15) is 0 Å². The Hall–Kier alpha value is -4.42. The van der Waals surface area contributed by atoms with E-state index < -0.39 is 5.60 Å². The van der Waals surface area contributed by atoms with Crippen molar-refractivity contribution >= 4 is 16.9 Å². The predicted octanol–water partition coefficient (Wildman–Crippen LogP) is 5.28. The zero-order chi connectivity index (χ0) is 26.9. The molecule has 0 fully saturated rings. The third kappa shape index (κ3) is 5.17. The predicted molar refractivity (Wildman–Crippen MR) is 145 cm³/mol. The van der Waals surface area contributed by atoms with Gasteiger partial charge in [0.15, 0.2) is 0 Å². The summed E-state index contributed by atoms with van der Waals surface area (Å²) in [5, 5.41) is 24.7. The number of furan rings is 1. The van der Waals surface area contributed by atoms with Crippen molar-refractivity contribution in [2.24, 2.45) is 0 Å². The van der Waals surface area contributed by atoms with Gasteiger partial charge in [0.05, 0.1) is 12.5 Å². The van der Waals surface area contributed by atoms with E-state index in [1.165, 1.54) is 18.0 Å². The lowest BCUT2D eigenvalue weighted by Gasteiger charge is -2.22. The number of carbonyl (C=O) groups excluding carboxylic acids is 1. The van der Waals surface area contributed by atoms with E-state index in [2.05, 4.69) is 37.4 Å². The summed E-state index contributed by atoms with van der Waals surface area (Å²) < 4.78 is 6.88. The smallest absolute Gasteiger partial charge is 0.225 e. The third-order valence-electron chi connectivity index (χ3n) is 6.98. The van der Waals surface area contributed by atoms with Gasteiger partial charge >= 0.3 is 0 Å². The van der Waals surface area contributed by atoms with Gasteiger partial charge in [-0.25, -0.2) is 0 Å². The standard InChI is InChI=1S/C32H30N2O4/c1-21-9-11-27(22(2)17-21)31(24-7-5-4-6-8-24)33-30(35)19-23-10-12-28-25(18-23)20-29(38-28)32(3,36)26-13-15-34(37)16-14-26/h4-18,20,31,36H,19H2,1-3H3,(H-,33,35,37)/p+1. The molecule has 5 rings (SSSR count). The lowest BCUT2D eigenvalue weighted by Crippen LogP contribution is -2.31. The Morgan fingerprint density at radius 3 is 2.42 bits per heavy atom. The summed E-state index contributed by atoms with van der Waals surface area (Å²) in [7, 11) is 0. The highest BCUT2D eigenvalue weighted by atomic mass is 16.5. The molecule has 0 saturated heterocycles. The minimum absolute atomic E-state index is 0.0875. The Morgan fingerprint density at radius 1 is 0.974 bits per heavy atom. The molecule has 0 aliphatic heterocycles. The highest BCUT2D eigenvalue weighted by molar-refractivity contribution is 5.83. The van der Waals surface area contributed by atoms with Gasteiger partial charge in [-0.3, -0.25) is 10.0 Å². The molecule has 1 amide bonds. The van der Waals surface area contributed by atoms with E-state index in [-0.39, 0.29) is 18.4 Å². The van der Waals surface area contributed by atoms with Crippen LogP contribution in [0.25, 0.3) is 11.0 Å². The molecule has 3 aromatic carbocycles. The average Bonchev–Trinajstić information content (AvgIpc) is 3.33. The highest BCUT2D eigenvalue weighted by Crippen LogP contribution is 2.33. The molecule has 0 bridgehead atoms. The molecule has 38 heavy (non-hydrogen) atoms. The fraction of sp³-hybridized carbons (Fsp3) is 0.188.